The lowest BCUT2D eigenvalue weighted by Crippen LogP contribution is -2.03. The lowest BCUT2D eigenvalue weighted by molar-refractivity contribution is 0.451. The summed E-state index contributed by atoms with van der Waals surface area (Å²) >= 11 is 5.38. The molecule has 25 heavy (non-hydrogen) atoms. The maximum Gasteiger partial charge on any atom is 0.195 e. The molecule has 5 nitrogen and oxygen atoms in total. The number of hydrogen-bond acceptors (Lipinski definition) is 4. The van der Waals surface area contributed by atoms with Crippen molar-refractivity contribution in [3.63, 3.8) is 0 Å². The van der Waals surface area contributed by atoms with E-state index in [2.05, 4.69) is 34.5 Å². The van der Waals surface area contributed by atoms with E-state index in [-0.39, 0.29) is 11.5 Å². The van der Waals surface area contributed by atoms with Crippen molar-refractivity contribution in [3.05, 3.63) is 71.0 Å². The third kappa shape index (κ3) is 2.77. The number of benzene rings is 3. The van der Waals surface area contributed by atoms with Crippen molar-refractivity contribution >= 4 is 23.0 Å². The van der Waals surface area contributed by atoms with Crippen molar-refractivity contribution in [2.75, 3.05) is 0 Å². The highest BCUT2D eigenvalue weighted by molar-refractivity contribution is 7.71. The number of rotatable bonds is 3. The summed E-state index contributed by atoms with van der Waals surface area (Å²) in [6, 6.07) is 18.7. The third-order valence-electron chi connectivity index (χ3n) is 4.19. The monoisotopic (exact) mass is 349 g/mol. The maximum absolute atomic E-state index is 10.2. The minimum Gasteiger partial charge on any atom is -0.508 e. The van der Waals surface area contributed by atoms with Gasteiger partial charge in [-0.25, -0.2) is 0 Å². The van der Waals surface area contributed by atoms with Crippen molar-refractivity contribution in [1.82, 2.24) is 14.8 Å². The predicted molar refractivity (Wildman–Crippen MR) is 99.2 cm³/mol. The van der Waals surface area contributed by atoms with Gasteiger partial charge in [-0.1, -0.05) is 42.5 Å². The molecule has 0 aliphatic carbocycles. The van der Waals surface area contributed by atoms with Gasteiger partial charge >= 0.3 is 0 Å². The van der Waals surface area contributed by atoms with Crippen LogP contribution in [0, 0.1) is 4.77 Å². The van der Waals surface area contributed by atoms with Crippen molar-refractivity contribution < 1.29 is 10.2 Å². The normalized spacial score (nSPS) is 11.0. The molecule has 0 saturated heterocycles. The van der Waals surface area contributed by atoms with E-state index in [1.165, 1.54) is 12.1 Å². The average Bonchev–Trinajstić information content (AvgIpc) is 2.96. The molecule has 3 N–H and O–H groups in total. The SMILES string of the molecule is Oc1ccc(-c2n[nH]c(=S)n2Cc2cccc3ccccc23)c(O)c1. The second kappa shape index (κ2) is 6.07. The molecule has 0 amide bonds. The van der Waals surface area contributed by atoms with Gasteiger partial charge in [-0.2, -0.15) is 5.10 Å². The van der Waals surface area contributed by atoms with Gasteiger partial charge in [0.25, 0.3) is 0 Å². The van der Waals surface area contributed by atoms with Gasteiger partial charge in [-0.15, -0.1) is 0 Å². The number of nitrogens with one attached hydrogen (secondary N) is 1. The highest BCUT2D eigenvalue weighted by Crippen LogP contribution is 2.31. The van der Waals surface area contributed by atoms with Gasteiger partial charge in [0.1, 0.15) is 11.5 Å². The molecule has 3 aromatic carbocycles. The Morgan fingerprint density at radius 1 is 1.00 bits per heavy atom. The van der Waals surface area contributed by atoms with Crippen LogP contribution in [0.5, 0.6) is 11.5 Å². The second-order valence-corrected chi connectivity index (χ2v) is 6.16. The Labute approximate surface area is 148 Å². The molecule has 0 aliphatic heterocycles. The number of nitrogens with zero attached hydrogens (tertiary/aromatic N) is 2. The van der Waals surface area contributed by atoms with E-state index in [1.807, 2.05) is 22.8 Å². The molecule has 0 spiro atoms. The van der Waals surface area contributed by atoms with Crippen LogP contribution in [0.1, 0.15) is 5.56 Å². The molecule has 1 aromatic heterocycles. The summed E-state index contributed by atoms with van der Waals surface area (Å²) in [6.45, 7) is 0.520. The molecule has 0 saturated carbocycles. The molecule has 0 bridgehead atoms. The molecule has 4 rings (SSSR count). The fourth-order valence-electron chi connectivity index (χ4n) is 2.98. The molecule has 124 valence electrons. The molecule has 0 unspecified atom stereocenters. The zero-order valence-electron chi connectivity index (χ0n) is 13.2. The Balaban J connectivity index is 1.84. The zero-order valence-corrected chi connectivity index (χ0v) is 14.0. The first-order valence-corrected chi connectivity index (χ1v) is 8.18. The van der Waals surface area contributed by atoms with Crippen LogP contribution >= 0.6 is 12.2 Å². The maximum atomic E-state index is 10.2. The number of H-pyrrole nitrogens is 1. The van der Waals surface area contributed by atoms with E-state index in [4.69, 9.17) is 12.2 Å². The topological polar surface area (TPSA) is 74.1 Å². The standard InChI is InChI=1S/C19H15N3O2S/c23-14-8-9-16(17(24)10-14)18-20-21-19(25)22(18)11-13-6-3-5-12-4-1-2-7-15(12)13/h1-10,23-24H,11H2,(H,21,25). The van der Waals surface area contributed by atoms with Gasteiger partial charge < -0.3 is 10.2 Å². The van der Waals surface area contributed by atoms with Gasteiger partial charge in [0.05, 0.1) is 12.1 Å². The van der Waals surface area contributed by atoms with Crippen LogP contribution < -0.4 is 0 Å². The first-order valence-electron chi connectivity index (χ1n) is 7.77. The number of fused-ring (bicyclic) bond motifs is 1. The van der Waals surface area contributed by atoms with Crippen molar-refractivity contribution in [2.45, 2.75) is 6.54 Å². The minimum absolute atomic E-state index is 0.00372. The highest BCUT2D eigenvalue weighted by atomic mass is 32.1. The number of aromatic nitrogens is 3. The second-order valence-electron chi connectivity index (χ2n) is 5.78. The van der Waals surface area contributed by atoms with E-state index in [1.54, 1.807) is 6.07 Å². The van der Waals surface area contributed by atoms with E-state index < -0.39 is 0 Å². The third-order valence-corrected chi connectivity index (χ3v) is 4.50. The minimum atomic E-state index is -0.0480. The molecule has 4 aromatic rings. The van der Waals surface area contributed by atoms with E-state index in [9.17, 15) is 10.2 Å². The number of aromatic hydroxyl groups is 2. The number of aromatic amines is 1. The fraction of sp³-hybridized carbons (Fsp3) is 0.0526. The van der Waals surface area contributed by atoms with Crippen LogP contribution in [-0.2, 0) is 6.54 Å². The molecule has 1 heterocycles. The van der Waals surface area contributed by atoms with Crippen LogP contribution in [0.25, 0.3) is 22.2 Å². The van der Waals surface area contributed by atoms with Crippen molar-refractivity contribution in [3.8, 4) is 22.9 Å². The summed E-state index contributed by atoms with van der Waals surface area (Å²) in [5.74, 6) is 0.472. The average molecular weight is 349 g/mol. The molecular weight excluding hydrogens is 334 g/mol. The van der Waals surface area contributed by atoms with E-state index in [0.717, 1.165) is 16.3 Å². The predicted octanol–water partition coefficient (Wildman–Crippen LogP) is 4.22. The number of phenols is 2. The van der Waals surface area contributed by atoms with E-state index >= 15 is 0 Å². The molecule has 0 radical (unpaired) electrons. The van der Waals surface area contributed by atoms with Crippen molar-refractivity contribution in [2.24, 2.45) is 0 Å². The fourth-order valence-corrected chi connectivity index (χ4v) is 3.18. The first-order chi connectivity index (χ1) is 12.1. The molecule has 0 aliphatic rings. The Morgan fingerprint density at radius 3 is 2.64 bits per heavy atom. The van der Waals surface area contributed by atoms with Gasteiger partial charge in [-0.05, 0) is 40.7 Å². The molecular formula is C19H15N3O2S. The summed E-state index contributed by atoms with van der Waals surface area (Å²) in [5.41, 5.74) is 1.61. The van der Waals surface area contributed by atoms with Gasteiger partial charge in [0.15, 0.2) is 10.6 Å². The molecule has 6 heteroatoms. The van der Waals surface area contributed by atoms with Crippen LogP contribution in [0.2, 0.25) is 0 Å². The molecule has 0 fully saturated rings. The summed E-state index contributed by atoms with van der Waals surface area (Å²) in [7, 11) is 0. The number of hydrogen-bond donors (Lipinski definition) is 3. The van der Waals surface area contributed by atoms with Gasteiger partial charge in [0, 0.05) is 6.07 Å². The smallest absolute Gasteiger partial charge is 0.195 e. The van der Waals surface area contributed by atoms with Crippen LogP contribution in [0.3, 0.4) is 0 Å². The largest absolute Gasteiger partial charge is 0.508 e. The summed E-state index contributed by atoms with van der Waals surface area (Å²) in [4.78, 5) is 0. The molecule has 0 atom stereocenters. The van der Waals surface area contributed by atoms with Crippen molar-refractivity contribution in [1.29, 1.82) is 0 Å². The first kappa shape index (κ1) is 15.4. The lowest BCUT2D eigenvalue weighted by atomic mass is 10.0. The van der Waals surface area contributed by atoms with Crippen LogP contribution in [0.4, 0.5) is 0 Å². The highest BCUT2D eigenvalue weighted by Gasteiger charge is 2.14. The summed E-state index contributed by atoms with van der Waals surface area (Å²) < 4.78 is 2.30. The van der Waals surface area contributed by atoms with Crippen LogP contribution in [-0.4, -0.2) is 25.0 Å². The quantitative estimate of drug-likeness (QED) is 0.484. The number of phenolic OH excluding ortho intramolecular Hbond substituents is 2. The van der Waals surface area contributed by atoms with Crippen LogP contribution in [0.15, 0.2) is 60.7 Å². The summed E-state index contributed by atoms with van der Waals surface area (Å²) in [6.07, 6.45) is 0. The Kier molecular flexibility index (Phi) is 3.74. The van der Waals surface area contributed by atoms with Gasteiger partial charge in [0.2, 0.25) is 0 Å². The Morgan fingerprint density at radius 2 is 1.80 bits per heavy atom. The zero-order chi connectivity index (χ0) is 17.4. The van der Waals surface area contributed by atoms with E-state index in [0.29, 0.717) is 22.7 Å². The summed E-state index contributed by atoms with van der Waals surface area (Å²) in [5, 5.41) is 29.0. The van der Waals surface area contributed by atoms with Gasteiger partial charge in [-0.3, -0.25) is 9.67 Å². The Bertz CT molecular complexity index is 1130. The Hall–Kier alpha value is -3.12. The lowest BCUT2D eigenvalue weighted by Gasteiger charge is -2.11.